The molecule has 2 aromatic heterocycles. The van der Waals surface area contributed by atoms with Crippen LogP contribution in [-0.4, -0.2) is 23.1 Å². The van der Waals surface area contributed by atoms with Gasteiger partial charge in [0.2, 0.25) is 5.95 Å². The summed E-state index contributed by atoms with van der Waals surface area (Å²) in [5.41, 5.74) is 1.42. The van der Waals surface area contributed by atoms with Gasteiger partial charge in [-0.2, -0.15) is 0 Å². The third-order valence-corrected chi connectivity index (χ3v) is 5.91. The fourth-order valence-corrected chi connectivity index (χ4v) is 5.06. The summed E-state index contributed by atoms with van der Waals surface area (Å²) in [7, 11) is 0. The first-order valence-electron chi connectivity index (χ1n) is 7.45. The first kappa shape index (κ1) is 12.8. The van der Waals surface area contributed by atoms with Crippen LogP contribution in [-0.2, 0) is 12.8 Å². The Kier molecular flexibility index (Phi) is 3.11. The van der Waals surface area contributed by atoms with E-state index in [0.29, 0.717) is 5.15 Å². The number of halogens is 1. The molecule has 2 aromatic rings. The Morgan fingerprint density at radius 2 is 2.05 bits per heavy atom. The van der Waals surface area contributed by atoms with Crippen LogP contribution in [0.4, 0.5) is 5.95 Å². The molecule has 3 heterocycles. The second kappa shape index (κ2) is 4.85. The molecule has 0 bridgehead atoms. The minimum Gasteiger partial charge on any atom is -0.341 e. The maximum absolute atomic E-state index is 6.48. The Morgan fingerprint density at radius 3 is 2.85 bits per heavy atom. The minimum atomic E-state index is 0.656. The summed E-state index contributed by atoms with van der Waals surface area (Å²) in [6, 6.07) is 0. The van der Waals surface area contributed by atoms with E-state index in [0.717, 1.165) is 41.6 Å². The van der Waals surface area contributed by atoms with Crippen molar-refractivity contribution in [2.45, 2.75) is 39.0 Å². The number of hydrogen-bond acceptors (Lipinski definition) is 4. The van der Waals surface area contributed by atoms with Crippen molar-refractivity contribution in [1.29, 1.82) is 0 Å². The molecule has 4 rings (SSSR count). The third kappa shape index (κ3) is 2.01. The van der Waals surface area contributed by atoms with Gasteiger partial charge in [0.25, 0.3) is 0 Å². The highest BCUT2D eigenvalue weighted by molar-refractivity contribution is 7.19. The van der Waals surface area contributed by atoms with Crippen molar-refractivity contribution in [3.05, 3.63) is 15.6 Å². The second-order valence-corrected chi connectivity index (χ2v) is 7.48. The van der Waals surface area contributed by atoms with Gasteiger partial charge >= 0.3 is 0 Å². The topological polar surface area (TPSA) is 29.0 Å². The standard InChI is InChI=1S/C15H18ClN3S/c1-9-4-5-10-11(8-9)20-14-12(10)13(16)17-15(18-14)19-6-2-3-7-19/h9H,2-8H2,1H3. The van der Waals surface area contributed by atoms with E-state index in [-0.39, 0.29) is 0 Å². The average Bonchev–Trinajstić information content (AvgIpc) is 3.04. The molecule has 0 amide bonds. The SMILES string of the molecule is CC1CCc2c(sc3nc(N4CCCC4)nc(Cl)c23)C1. The van der Waals surface area contributed by atoms with Crippen LogP contribution in [0.25, 0.3) is 10.2 Å². The third-order valence-electron chi connectivity index (χ3n) is 4.49. The molecule has 1 aliphatic heterocycles. The van der Waals surface area contributed by atoms with E-state index in [1.54, 1.807) is 0 Å². The van der Waals surface area contributed by atoms with Gasteiger partial charge in [0.05, 0.1) is 5.39 Å². The van der Waals surface area contributed by atoms with Crippen molar-refractivity contribution in [2.24, 2.45) is 5.92 Å². The van der Waals surface area contributed by atoms with E-state index in [9.17, 15) is 0 Å². The van der Waals surface area contributed by atoms with Crippen molar-refractivity contribution >= 4 is 39.1 Å². The van der Waals surface area contributed by atoms with E-state index in [2.05, 4.69) is 16.8 Å². The average molecular weight is 308 g/mol. The minimum absolute atomic E-state index is 0.656. The first-order valence-corrected chi connectivity index (χ1v) is 8.64. The Labute approximate surface area is 128 Å². The van der Waals surface area contributed by atoms with Gasteiger partial charge in [-0.3, -0.25) is 0 Å². The van der Waals surface area contributed by atoms with Crippen LogP contribution >= 0.6 is 22.9 Å². The molecule has 1 fully saturated rings. The van der Waals surface area contributed by atoms with Gasteiger partial charge in [-0.05, 0) is 43.6 Å². The molecule has 3 nitrogen and oxygen atoms in total. The van der Waals surface area contributed by atoms with E-state index >= 15 is 0 Å². The number of fused-ring (bicyclic) bond motifs is 3. The predicted molar refractivity (Wildman–Crippen MR) is 85.1 cm³/mol. The van der Waals surface area contributed by atoms with Crippen molar-refractivity contribution in [1.82, 2.24) is 9.97 Å². The van der Waals surface area contributed by atoms with Crippen molar-refractivity contribution in [3.63, 3.8) is 0 Å². The van der Waals surface area contributed by atoms with Crippen LogP contribution in [0, 0.1) is 5.92 Å². The maximum atomic E-state index is 6.48. The van der Waals surface area contributed by atoms with Gasteiger partial charge in [-0.15, -0.1) is 11.3 Å². The van der Waals surface area contributed by atoms with Crippen LogP contribution in [0.5, 0.6) is 0 Å². The molecule has 1 aliphatic carbocycles. The molecule has 20 heavy (non-hydrogen) atoms. The fourth-order valence-electron chi connectivity index (χ4n) is 3.35. The van der Waals surface area contributed by atoms with E-state index in [4.69, 9.17) is 16.6 Å². The number of rotatable bonds is 1. The van der Waals surface area contributed by atoms with Gasteiger partial charge < -0.3 is 4.90 Å². The molecule has 1 saturated heterocycles. The summed E-state index contributed by atoms with van der Waals surface area (Å²) in [5.74, 6) is 1.60. The van der Waals surface area contributed by atoms with Gasteiger partial charge in [0.1, 0.15) is 9.98 Å². The summed E-state index contributed by atoms with van der Waals surface area (Å²) >= 11 is 8.31. The highest BCUT2D eigenvalue weighted by Gasteiger charge is 2.24. The Bertz CT molecular complexity index is 661. The molecule has 1 unspecified atom stereocenters. The first-order chi connectivity index (χ1) is 9.72. The lowest BCUT2D eigenvalue weighted by Crippen LogP contribution is -2.20. The molecular weight excluding hydrogens is 290 g/mol. The molecule has 106 valence electrons. The second-order valence-electron chi connectivity index (χ2n) is 6.04. The van der Waals surface area contributed by atoms with Crippen molar-refractivity contribution in [3.8, 4) is 0 Å². The number of hydrogen-bond donors (Lipinski definition) is 0. The number of anilines is 1. The van der Waals surface area contributed by atoms with E-state index in [1.165, 1.54) is 36.1 Å². The van der Waals surface area contributed by atoms with Crippen molar-refractivity contribution in [2.75, 3.05) is 18.0 Å². The highest BCUT2D eigenvalue weighted by atomic mass is 35.5. The molecule has 2 aliphatic rings. The largest absolute Gasteiger partial charge is 0.341 e. The van der Waals surface area contributed by atoms with E-state index < -0.39 is 0 Å². The number of thiophene rings is 1. The summed E-state index contributed by atoms with van der Waals surface area (Å²) in [6.07, 6.45) is 6.02. The molecule has 0 aromatic carbocycles. The van der Waals surface area contributed by atoms with E-state index in [1.807, 2.05) is 11.3 Å². The lowest BCUT2D eigenvalue weighted by Gasteiger charge is -2.18. The molecular formula is C15H18ClN3S. The highest BCUT2D eigenvalue weighted by Crippen LogP contribution is 2.40. The summed E-state index contributed by atoms with van der Waals surface area (Å²) in [5, 5.41) is 1.78. The zero-order valence-corrected chi connectivity index (χ0v) is 13.2. The molecule has 0 saturated carbocycles. The quantitative estimate of drug-likeness (QED) is 0.744. The van der Waals surface area contributed by atoms with Gasteiger partial charge in [-0.25, -0.2) is 9.97 Å². The van der Waals surface area contributed by atoms with Crippen LogP contribution in [0.3, 0.4) is 0 Å². The molecule has 0 radical (unpaired) electrons. The molecule has 0 spiro atoms. The van der Waals surface area contributed by atoms with Crippen molar-refractivity contribution < 1.29 is 0 Å². The Hall–Kier alpha value is -0.870. The fraction of sp³-hybridized carbons (Fsp3) is 0.600. The Morgan fingerprint density at radius 1 is 1.25 bits per heavy atom. The predicted octanol–water partition coefficient (Wildman–Crippen LogP) is 4.07. The number of nitrogens with zero attached hydrogens (tertiary/aromatic N) is 3. The molecule has 5 heteroatoms. The molecule has 1 atom stereocenters. The Balaban J connectivity index is 1.84. The summed E-state index contributed by atoms with van der Waals surface area (Å²) in [6.45, 7) is 4.45. The summed E-state index contributed by atoms with van der Waals surface area (Å²) < 4.78 is 0. The van der Waals surface area contributed by atoms with Crippen LogP contribution in [0.15, 0.2) is 0 Å². The number of aromatic nitrogens is 2. The number of aryl methyl sites for hydroxylation is 1. The van der Waals surface area contributed by atoms with Crippen LogP contribution in [0.1, 0.15) is 36.6 Å². The van der Waals surface area contributed by atoms with Crippen LogP contribution in [0.2, 0.25) is 5.15 Å². The summed E-state index contributed by atoms with van der Waals surface area (Å²) in [4.78, 5) is 14.2. The van der Waals surface area contributed by atoms with Crippen LogP contribution < -0.4 is 4.90 Å². The molecule has 0 N–H and O–H groups in total. The lowest BCUT2D eigenvalue weighted by atomic mass is 9.89. The normalized spacial score (nSPS) is 22.5. The monoisotopic (exact) mass is 307 g/mol. The smallest absolute Gasteiger partial charge is 0.228 e. The van der Waals surface area contributed by atoms with Gasteiger partial charge in [-0.1, -0.05) is 18.5 Å². The maximum Gasteiger partial charge on any atom is 0.228 e. The van der Waals surface area contributed by atoms with Gasteiger partial charge in [0, 0.05) is 18.0 Å². The zero-order valence-electron chi connectivity index (χ0n) is 11.7. The van der Waals surface area contributed by atoms with Gasteiger partial charge in [0.15, 0.2) is 0 Å². The zero-order chi connectivity index (χ0) is 13.7. The lowest BCUT2D eigenvalue weighted by molar-refractivity contribution is 0.509.